The lowest BCUT2D eigenvalue weighted by atomic mass is 10.0. The summed E-state index contributed by atoms with van der Waals surface area (Å²) in [6.45, 7) is 6.39. The second-order valence-electron chi connectivity index (χ2n) is 5.11. The number of thioether (sulfide) groups is 1. The van der Waals surface area contributed by atoms with E-state index in [4.69, 9.17) is 4.74 Å². The van der Waals surface area contributed by atoms with Gasteiger partial charge in [0.1, 0.15) is 0 Å². The van der Waals surface area contributed by atoms with Gasteiger partial charge in [-0.2, -0.15) is 11.8 Å². The first kappa shape index (κ1) is 15.3. The lowest BCUT2D eigenvalue weighted by Gasteiger charge is -2.28. The first-order chi connectivity index (χ1) is 8.20. The van der Waals surface area contributed by atoms with Crippen molar-refractivity contribution in [2.24, 2.45) is 0 Å². The summed E-state index contributed by atoms with van der Waals surface area (Å²) in [7, 11) is 0. The van der Waals surface area contributed by atoms with Crippen molar-refractivity contribution in [1.82, 2.24) is 5.32 Å². The van der Waals surface area contributed by atoms with Crippen molar-refractivity contribution >= 4 is 11.8 Å². The lowest BCUT2D eigenvalue weighted by molar-refractivity contribution is 0.129. The van der Waals surface area contributed by atoms with Crippen LogP contribution in [0.4, 0.5) is 0 Å². The molecule has 2 unspecified atom stereocenters. The first-order valence-electron chi connectivity index (χ1n) is 6.75. The first-order valence-corrected chi connectivity index (χ1v) is 7.91. The number of hydrogen-bond acceptors (Lipinski definition) is 4. The van der Waals surface area contributed by atoms with Crippen LogP contribution in [0.25, 0.3) is 0 Å². The van der Waals surface area contributed by atoms with E-state index in [1.807, 2.05) is 11.8 Å². The molecule has 1 heterocycles. The van der Waals surface area contributed by atoms with E-state index in [0.29, 0.717) is 6.10 Å². The van der Waals surface area contributed by atoms with E-state index in [1.54, 1.807) is 0 Å². The molecule has 0 aromatic rings. The maximum Gasteiger partial charge on any atom is 0.0666 e. The zero-order chi connectivity index (χ0) is 12.6. The standard InChI is InChI=1S/C13H27NO2S/c1-3-7-14-13(2,11-15)6-9-17-10-12-5-4-8-16-12/h12,14-15H,3-11H2,1-2H3. The fraction of sp³-hybridized carbons (Fsp3) is 1.00. The largest absolute Gasteiger partial charge is 0.394 e. The predicted molar refractivity (Wildman–Crippen MR) is 74.7 cm³/mol. The molecule has 4 heteroatoms. The Morgan fingerprint density at radius 1 is 1.53 bits per heavy atom. The molecule has 0 saturated carbocycles. The fourth-order valence-corrected chi connectivity index (χ4v) is 3.23. The van der Waals surface area contributed by atoms with Gasteiger partial charge >= 0.3 is 0 Å². The van der Waals surface area contributed by atoms with Crippen molar-refractivity contribution in [3.05, 3.63) is 0 Å². The lowest BCUT2D eigenvalue weighted by Crippen LogP contribution is -2.46. The molecule has 0 aliphatic carbocycles. The molecular formula is C13H27NO2S. The van der Waals surface area contributed by atoms with E-state index in [1.165, 1.54) is 12.8 Å². The molecule has 0 radical (unpaired) electrons. The smallest absolute Gasteiger partial charge is 0.0666 e. The third-order valence-corrected chi connectivity index (χ3v) is 4.38. The quantitative estimate of drug-likeness (QED) is 0.623. The molecular weight excluding hydrogens is 234 g/mol. The minimum absolute atomic E-state index is 0.112. The number of nitrogens with one attached hydrogen (secondary N) is 1. The molecule has 102 valence electrons. The molecule has 1 rings (SSSR count). The molecule has 17 heavy (non-hydrogen) atoms. The number of ether oxygens (including phenoxy) is 1. The van der Waals surface area contributed by atoms with Crippen molar-refractivity contribution in [2.75, 3.05) is 31.3 Å². The second kappa shape index (κ2) is 8.35. The summed E-state index contributed by atoms with van der Waals surface area (Å²) in [4.78, 5) is 0. The van der Waals surface area contributed by atoms with Crippen molar-refractivity contribution in [3.8, 4) is 0 Å². The maximum absolute atomic E-state index is 9.43. The normalized spacial score (nSPS) is 23.8. The monoisotopic (exact) mass is 261 g/mol. The van der Waals surface area contributed by atoms with Gasteiger partial charge in [-0.1, -0.05) is 6.92 Å². The minimum atomic E-state index is -0.112. The number of hydrogen-bond donors (Lipinski definition) is 2. The molecule has 0 aromatic heterocycles. The molecule has 3 nitrogen and oxygen atoms in total. The Balaban J connectivity index is 2.09. The van der Waals surface area contributed by atoms with E-state index in [-0.39, 0.29) is 12.1 Å². The van der Waals surface area contributed by atoms with Gasteiger partial charge in [-0.3, -0.25) is 0 Å². The highest BCUT2D eigenvalue weighted by atomic mass is 32.2. The Labute approximate surface area is 110 Å². The second-order valence-corrected chi connectivity index (χ2v) is 6.26. The van der Waals surface area contributed by atoms with Crippen molar-refractivity contribution in [1.29, 1.82) is 0 Å². The van der Waals surface area contributed by atoms with Crippen LogP contribution in [0.2, 0.25) is 0 Å². The van der Waals surface area contributed by atoms with Crippen LogP contribution in [0.1, 0.15) is 39.5 Å². The zero-order valence-electron chi connectivity index (χ0n) is 11.2. The molecule has 0 bridgehead atoms. The summed E-state index contributed by atoms with van der Waals surface area (Å²) in [6, 6.07) is 0. The third kappa shape index (κ3) is 6.09. The van der Waals surface area contributed by atoms with Gasteiger partial charge in [-0.05, 0) is 44.9 Å². The van der Waals surface area contributed by atoms with Crippen molar-refractivity contribution in [2.45, 2.75) is 51.2 Å². The molecule has 1 aliphatic heterocycles. The molecule has 1 aliphatic rings. The van der Waals surface area contributed by atoms with Gasteiger partial charge in [-0.15, -0.1) is 0 Å². The topological polar surface area (TPSA) is 41.5 Å². The molecule has 2 N–H and O–H groups in total. The van der Waals surface area contributed by atoms with Gasteiger partial charge in [-0.25, -0.2) is 0 Å². The number of rotatable bonds is 9. The van der Waals surface area contributed by atoms with Crippen LogP contribution in [0.15, 0.2) is 0 Å². The van der Waals surface area contributed by atoms with Crippen LogP contribution in [0, 0.1) is 0 Å². The molecule has 0 spiro atoms. The molecule has 0 amide bonds. The van der Waals surface area contributed by atoms with E-state index < -0.39 is 0 Å². The summed E-state index contributed by atoms with van der Waals surface area (Å²) in [5, 5.41) is 12.9. The zero-order valence-corrected chi connectivity index (χ0v) is 12.0. The Hall–Kier alpha value is 0.230. The molecule has 1 saturated heterocycles. The van der Waals surface area contributed by atoms with Gasteiger partial charge < -0.3 is 15.2 Å². The van der Waals surface area contributed by atoms with Crippen molar-refractivity contribution in [3.63, 3.8) is 0 Å². The number of aliphatic hydroxyl groups is 1. The van der Waals surface area contributed by atoms with Crippen molar-refractivity contribution < 1.29 is 9.84 Å². The minimum Gasteiger partial charge on any atom is -0.394 e. The fourth-order valence-electron chi connectivity index (χ4n) is 1.94. The van der Waals surface area contributed by atoms with Gasteiger partial charge in [0.25, 0.3) is 0 Å². The number of aliphatic hydroxyl groups excluding tert-OH is 1. The van der Waals surface area contributed by atoms with Crippen LogP contribution in [-0.4, -0.2) is 48.0 Å². The third-order valence-electron chi connectivity index (χ3n) is 3.28. The van der Waals surface area contributed by atoms with E-state index in [0.717, 1.165) is 37.5 Å². The highest BCUT2D eigenvalue weighted by Gasteiger charge is 2.22. The van der Waals surface area contributed by atoms with Crippen LogP contribution < -0.4 is 5.32 Å². The Morgan fingerprint density at radius 3 is 2.94 bits per heavy atom. The molecule has 0 aromatic carbocycles. The van der Waals surface area contributed by atoms with Crippen LogP contribution in [0.5, 0.6) is 0 Å². The van der Waals surface area contributed by atoms with Crippen LogP contribution >= 0.6 is 11.8 Å². The Bertz CT molecular complexity index is 198. The Morgan fingerprint density at radius 2 is 2.35 bits per heavy atom. The van der Waals surface area contributed by atoms with E-state index in [2.05, 4.69) is 19.2 Å². The van der Waals surface area contributed by atoms with Gasteiger partial charge in [0.05, 0.1) is 12.7 Å². The molecule has 1 fully saturated rings. The van der Waals surface area contributed by atoms with E-state index >= 15 is 0 Å². The van der Waals surface area contributed by atoms with Gasteiger partial charge in [0, 0.05) is 17.9 Å². The highest BCUT2D eigenvalue weighted by Crippen LogP contribution is 2.19. The summed E-state index contributed by atoms with van der Waals surface area (Å²) < 4.78 is 5.59. The Kier molecular flexibility index (Phi) is 7.51. The summed E-state index contributed by atoms with van der Waals surface area (Å²) in [6.07, 6.45) is 5.04. The van der Waals surface area contributed by atoms with Gasteiger partial charge in [0.2, 0.25) is 0 Å². The van der Waals surface area contributed by atoms with Crippen LogP contribution in [-0.2, 0) is 4.74 Å². The summed E-state index contributed by atoms with van der Waals surface area (Å²) >= 11 is 1.95. The average molecular weight is 261 g/mol. The van der Waals surface area contributed by atoms with Crippen LogP contribution in [0.3, 0.4) is 0 Å². The predicted octanol–water partition coefficient (Wildman–Crippen LogP) is 2.04. The molecule has 2 atom stereocenters. The maximum atomic E-state index is 9.43. The average Bonchev–Trinajstić information content (AvgIpc) is 2.85. The van der Waals surface area contributed by atoms with Gasteiger partial charge in [0.15, 0.2) is 0 Å². The highest BCUT2D eigenvalue weighted by molar-refractivity contribution is 7.99. The SMILES string of the molecule is CCCNC(C)(CO)CCSCC1CCCO1. The van der Waals surface area contributed by atoms with E-state index in [9.17, 15) is 5.11 Å². The summed E-state index contributed by atoms with van der Waals surface area (Å²) in [5.41, 5.74) is -0.112. The summed E-state index contributed by atoms with van der Waals surface area (Å²) in [5.74, 6) is 2.20.